The summed E-state index contributed by atoms with van der Waals surface area (Å²) in [5.74, 6) is -2.82. The van der Waals surface area contributed by atoms with Gasteiger partial charge in [0.25, 0.3) is 0 Å². The zero-order chi connectivity index (χ0) is 39.9. The van der Waals surface area contributed by atoms with Crippen molar-refractivity contribution < 1.29 is 53.2 Å². The number of rotatable bonds is 41. The van der Waals surface area contributed by atoms with Crippen LogP contribution in [0.15, 0.2) is 0 Å². The molecule has 0 aliphatic rings. The lowest BCUT2D eigenvalue weighted by molar-refractivity contribution is -0.142. The van der Waals surface area contributed by atoms with Crippen LogP contribution in [0.5, 0.6) is 0 Å². The molecule has 0 bridgehead atoms. The van der Waals surface area contributed by atoms with E-state index < -0.39 is 23.9 Å². The first-order valence-electron chi connectivity index (χ1n) is 20.6. The standard InChI is InChI=1S/C40H73N3O11/c1-34(44)22-23-35(40(50)51)43-38(47)25-24-37(46)42-27-19-29-53-31-33-54-32-30-52-28-18-26-41-36(45)20-16-14-12-10-8-6-4-2-3-5-7-9-11-13-15-17-21-39(48)49/h35H,2-33H2,1H3,(H,41,45)(H,42,46)(H,43,47)(H,48,49)(H,50,51). The minimum Gasteiger partial charge on any atom is -0.481 e. The predicted molar refractivity (Wildman–Crippen MR) is 207 cm³/mol. The summed E-state index contributed by atoms with van der Waals surface area (Å²) < 4.78 is 16.5. The molecule has 1 atom stereocenters. The van der Waals surface area contributed by atoms with Crippen LogP contribution in [0, 0.1) is 0 Å². The van der Waals surface area contributed by atoms with Gasteiger partial charge in [0.05, 0.1) is 26.4 Å². The second-order valence-electron chi connectivity index (χ2n) is 14.0. The molecule has 0 aromatic rings. The fourth-order valence-electron chi connectivity index (χ4n) is 5.66. The lowest BCUT2D eigenvalue weighted by Crippen LogP contribution is -2.41. The Morgan fingerprint density at radius 2 is 0.815 bits per heavy atom. The Hall–Kier alpha value is -3.10. The van der Waals surface area contributed by atoms with Crippen molar-refractivity contribution in [2.75, 3.05) is 52.7 Å². The maximum absolute atomic E-state index is 12.0. The van der Waals surface area contributed by atoms with Crippen LogP contribution >= 0.6 is 0 Å². The summed E-state index contributed by atoms with van der Waals surface area (Å²) in [4.78, 5) is 68.7. The van der Waals surface area contributed by atoms with Gasteiger partial charge in [-0.3, -0.25) is 19.2 Å². The summed E-state index contributed by atoms with van der Waals surface area (Å²) in [7, 11) is 0. The molecule has 14 nitrogen and oxygen atoms in total. The Morgan fingerprint density at radius 3 is 1.22 bits per heavy atom. The van der Waals surface area contributed by atoms with Gasteiger partial charge in [-0.2, -0.15) is 0 Å². The predicted octanol–water partition coefficient (Wildman–Crippen LogP) is 5.87. The molecule has 54 heavy (non-hydrogen) atoms. The Bertz CT molecular complexity index is 996. The summed E-state index contributed by atoms with van der Waals surface area (Å²) >= 11 is 0. The lowest BCUT2D eigenvalue weighted by Gasteiger charge is -2.13. The second-order valence-corrected chi connectivity index (χ2v) is 14.0. The van der Waals surface area contributed by atoms with E-state index in [2.05, 4.69) is 16.0 Å². The summed E-state index contributed by atoms with van der Waals surface area (Å²) in [5, 5.41) is 25.8. The van der Waals surface area contributed by atoms with Crippen LogP contribution in [0.1, 0.15) is 161 Å². The molecule has 0 radical (unpaired) electrons. The maximum atomic E-state index is 12.0. The molecule has 3 amide bonds. The molecule has 0 aliphatic carbocycles. The number of carbonyl (C=O) groups is 6. The monoisotopic (exact) mass is 772 g/mol. The quantitative estimate of drug-likeness (QED) is 0.0465. The fraction of sp³-hybridized carbons (Fsp3) is 0.850. The van der Waals surface area contributed by atoms with Gasteiger partial charge in [0, 0.05) is 58.4 Å². The SMILES string of the molecule is CC(=O)CCC(NC(=O)CCC(=O)NCCCOCCOCCOCCCNC(=O)CCCCCCCCCCCCCCCCCCC(=O)O)C(=O)O. The van der Waals surface area contributed by atoms with E-state index in [1.165, 1.54) is 77.6 Å². The van der Waals surface area contributed by atoms with Gasteiger partial charge in [0.15, 0.2) is 0 Å². The third-order valence-corrected chi connectivity index (χ3v) is 8.86. The molecule has 0 saturated carbocycles. The number of ketones is 1. The number of aliphatic carboxylic acids is 2. The number of carboxylic acid groups (broad SMARTS) is 2. The van der Waals surface area contributed by atoms with Crippen LogP contribution in [-0.4, -0.2) is 104 Å². The van der Waals surface area contributed by atoms with E-state index in [-0.39, 0.29) is 43.3 Å². The molecule has 0 spiro atoms. The average Bonchev–Trinajstić information content (AvgIpc) is 3.13. The molecular formula is C40H73N3O11. The van der Waals surface area contributed by atoms with Gasteiger partial charge < -0.3 is 45.2 Å². The highest BCUT2D eigenvalue weighted by molar-refractivity contribution is 5.87. The van der Waals surface area contributed by atoms with Crippen molar-refractivity contribution in [1.82, 2.24) is 16.0 Å². The van der Waals surface area contributed by atoms with E-state index in [0.29, 0.717) is 72.0 Å². The van der Waals surface area contributed by atoms with Gasteiger partial charge in [-0.25, -0.2) is 4.79 Å². The van der Waals surface area contributed by atoms with Crippen LogP contribution in [0.2, 0.25) is 0 Å². The lowest BCUT2D eigenvalue weighted by atomic mass is 10.0. The number of Topliss-reactive ketones (excluding diaryl/α,β-unsaturated/α-hetero) is 1. The molecule has 0 saturated heterocycles. The third-order valence-electron chi connectivity index (χ3n) is 8.86. The topological polar surface area (TPSA) is 207 Å². The highest BCUT2D eigenvalue weighted by Gasteiger charge is 2.20. The smallest absolute Gasteiger partial charge is 0.326 e. The minimum absolute atomic E-state index is 0.0118. The summed E-state index contributed by atoms with van der Waals surface area (Å²) in [6.45, 7) is 5.09. The summed E-state index contributed by atoms with van der Waals surface area (Å²) in [6.07, 6.45) is 21.2. The Balaban J connectivity index is 3.37. The number of ether oxygens (including phenoxy) is 3. The van der Waals surface area contributed by atoms with Gasteiger partial charge in [-0.05, 0) is 39.0 Å². The van der Waals surface area contributed by atoms with Crippen LogP contribution in [0.4, 0.5) is 0 Å². The van der Waals surface area contributed by atoms with Crippen molar-refractivity contribution in [1.29, 1.82) is 0 Å². The number of nitrogens with one attached hydrogen (secondary N) is 3. The Labute approximate surface area is 324 Å². The van der Waals surface area contributed by atoms with E-state index in [4.69, 9.17) is 24.4 Å². The van der Waals surface area contributed by atoms with E-state index >= 15 is 0 Å². The van der Waals surface area contributed by atoms with Crippen LogP contribution in [0.25, 0.3) is 0 Å². The fourth-order valence-corrected chi connectivity index (χ4v) is 5.66. The third kappa shape index (κ3) is 38.6. The van der Waals surface area contributed by atoms with Crippen molar-refractivity contribution >= 4 is 35.4 Å². The molecule has 314 valence electrons. The highest BCUT2D eigenvalue weighted by atomic mass is 16.5. The van der Waals surface area contributed by atoms with Gasteiger partial charge >= 0.3 is 11.9 Å². The number of carboxylic acids is 2. The largest absolute Gasteiger partial charge is 0.481 e. The number of hydrogen-bond acceptors (Lipinski definition) is 9. The van der Waals surface area contributed by atoms with Crippen molar-refractivity contribution in [3.05, 3.63) is 0 Å². The summed E-state index contributed by atoms with van der Waals surface area (Å²) in [5.41, 5.74) is 0. The highest BCUT2D eigenvalue weighted by Crippen LogP contribution is 2.14. The van der Waals surface area contributed by atoms with Crippen LogP contribution < -0.4 is 16.0 Å². The zero-order valence-electron chi connectivity index (χ0n) is 33.3. The molecule has 0 heterocycles. The molecule has 0 fully saturated rings. The Kier molecular flexibility index (Phi) is 36.0. The molecule has 0 rings (SSSR count). The summed E-state index contributed by atoms with van der Waals surface area (Å²) in [6, 6.07) is -1.15. The van der Waals surface area contributed by atoms with Crippen molar-refractivity contribution in [2.45, 2.75) is 167 Å². The first-order valence-corrected chi connectivity index (χ1v) is 20.6. The maximum Gasteiger partial charge on any atom is 0.326 e. The number of unbranched alkanes of at least 4 members (excludes halogenated alkanes) is 15. The Morgan fingerprint density at radius 1 is 0.444 bits per heavy atom. The average molecular weight is 772 g/mol. The van der Waals surface area contributed by atoms with Gasteiger partial charge in [0.1, 0.15) is 11.8 Å². The first-order chi connectivity index (χ1) is 26.1. The van der Waals surface area contributed by atoms with E-state index in [1.54, 1.807) is 0 Å². The minimum atomic E-state index is -1.22. The van der Waals surface area contributed by atoms with Gasteiger partial charge in [0.2, 0.25) is 17.7 Å². The van der Waals surface area contributed by atoms with Crippen LogP contribution in [0.3, 0.4) is 0 Å². The first kappa shape index (κ1) is 50.9. The number of carbonyl (C=O) groups excluding carboxylic acids is 4. The molecule has 0 aromatic heterocycles. The number of amides is 3. The van der Waals surface area contributed by atoms with Gasteiger partial charge in [-0.1, -0.05) is 89.9 Å². The van der Waals surface area contributed by atoms with Crippen molar-refractivity contribution in [3.63, 3.8) is 0 Å². The van der Waals surface area contributed by atoms with Gasteiger partial charge in [-0.15, -0.1) is 0 Å². The van der Waals surface area contributed by atoms with E-state index in [0.717, 1.165) is 38.5 Å². The molecule has 0 aliphatic heterocycles. The van der Waals surface area contributed by atoms with E-state index in [1.807, 2.05) is 0 Å². The van der Waals surface area contributed by atoms with Crippen molar-refractivity contribution in [2.24, 2.45) is 0 Å². The number of hydrogen-bond donors (Lipinski definition) is 5. The molecule has 5 N–H and O–H groups in total. The normalized spacial score (nSPS) is 11.6. The van der Waals surface area contributed by atoms with E-state index in [9.17, 15) is 28.8 Å². The molecule has 14 heteroatoms. The van der Waals surface area contributed by atoms with Crippen LogP contribution in [-0.2, 0) is 43.0 Å². The van der Waals surface area contributed by atoms with Crippen molar-refractivity contribution in [3.8, 4) is 0 Å². The molecule has 0 aromatic carbocycles. The molecule has 1 unspecified atom stereocenters. The zero-order valence-corrected chi connectivity index (χ0v) is 33.3. The second kappa shape index (κ2) is 38.2. The molecular weight excluding hydrogens is 698 g/mol.